The molecule has 0 radical (unpaired) electrons. The summed E-state index contributed by atoms with van der Waals surface area (Å²) in [5.74, 6) is -1.03. The SMILES string of the molecule is FC(F)(F)c1nc(-c2ccc(Br)s2)n[nH]1. The highest BCUT2D eigenvalue weighted by molar-refractivity contribution is 9.11. The molecule has 0 fully saturated rings. The van der Waals surface area contributed by atoms with Crippen LogP contribution in [0.5, 0.6) is 0 Å². The molecule has 0 atom stereocenters. The fraction of sp³-hybridized carbons (Fsp3) is 0.143. The van der Waals surface area contributed by atoms with Gasteiger partial charge in [-0.15, -0.1) is 11.3 Å². The molecular weight excluding hydrogens is 295 g/mol. The maximum Gasteiger partial charge on any atom is 0.451 e. The summed E-state index contributed by atoms with van der Waals surface area (Å²) in [5.41, 5.74) is 0. The number of alkyl halides is 3. The summed E-state index contributed by atoms with van der Waals surface area (Å²) in [5, 5.41) is 5.36. The monoisotopic (exact) mass is 297 g/mol. The Bertz CT molecular complexity index is 476. The van der Waals surface area contributed by atoms with E-state index in [1.807, 2.05) is 5.10 Å². The van der Waals surface area contributed by atoms with Crippen molar-refractivity contribution in [1.82, 2.24) is 15.2 Å². The summed E-state index contributed by atoms with van der Waals surface area (Å²) < 4.78 is 37.4. The fourth-order valence-corrected chi connectivity index (χ4v) is 2.25. The fourth-order valence-electron chi connectivity index (χ4n) is 0.933. The molecule has 0 aromatic carbocycles. The molecule has 2 rings (SSSR count). The molecule has 0 amide bonds. The van der Waals surface area contributed by atoms with Crippen molar-refractivity contribution in [2.75, 3.05) is 0 Å². The summed E-state index contributed by atoms with van der Waals surface area (Å²) in [6, 6.07) is 3.38. The number of H-pyrrole nitrogens is 1. The van der Waals surface area contributed by atoms with Gasteiger partial charge in [-0.3, -0.25) is 5.10 Å². The van der Waals surface area contributed by atoms with Gasteiger partial charge in [0, 0.05) is 0 Å². The van der Waals surface area contributed by atoms with Crippen molar-refractivity contribution < 1.29 is 13.2 Å². The zero-order valence-corrected chi connectivity index (χ0v) is 9.37. The van der Waals surface area contributed by atoms with Crippen LogP contribution in [-0.4, -0.2) is 15.2 Å². The van der Waals surface area contributed by atoms with E-state index in [1.54, 1.807) is 12.1 Å². The lowest BCUT2D eigenvalue weighted by Gasteiger charge is -1.98. The highest BCUT2D eigenvalue weighted by Crippen LogP contribution is 2.31. The van der Waals surface area contributed by atoms with E-state index in [4.69, 9.17) is 0 Å². The maximum absolute atomic E-state index is 12.2. The van der Waals surface area contributed by atoms with E-state index in [0.717, 1.165) is 3.79 Å². The van der Waals surface area contributed by atoms with Gasteiger partial charge in [0.2, 0.25) is 5.82 Å². The summed E-state index contributed by atoms with van der Waals surface area (Å²) >= 11 is 4.48. The van der Waals surface area contributed by atoms with E-state index in [9.17, 15) is 13.2 Å². The number of halogens is 4. The smallest absolute Gasteiger partial charge is 0.255 e. The first-order chi connectivity index (χ1) is 6.97. The van der Waals surface area contributed by atoms with Gasteiger partial charge in [0.15, 0.2) is 5.82 Å². The summed E-state index contributed by atoms with van der Waals surface area (Å²) in [4.78, 5) is 3.94. The van der Waals surface area contributed by atoms with Gasteiger partial charge in [0.25, 0.3) is 0 Å². The zero-order chi connectivity index (χ0) is 11.1. The van der Waals surface area contributed by atoms with Crippen molar-refractivity contribution in [1.29, 1.82) is 0 Å². The molecule has 2 heterocycles. The van der Waals surface area contributed by atoms with E-state index in [1.165, 1.54) is 11.3 Å². The Hall–Kier alpha value is -0.890. The van der Waals surface area contributed by atoms with Crippen LogP contribution in [0, 0.1) is 0 Å². The highest BCUT2D eigenvalue weighted by Gasteiger charge is 2.35. The van der Waals surface area contributed by atoms with Crippen LogP contribution in [-0.2, 0) is 6.18 Å². The van der Waals surface area contributed by atoms with Gasteiger partial charge < -0.3 is 0 Å². The molecule has 0 saturated carbocycles. The minimum atomic E-state index is -4.49. The molecule has 0 unspecified atom stereocenters. The summed E-state index contributed by atoms with van der Waals surface area (Å²) in [6.45, 7) is 0. The van der Waals surface area contributed by atoms with Crippen molar-refractivity contribution >= 4 is 27.3 Å². The van der Waals surface area contributed by atoms with Gasteiger partial charge in [-0.25, -0.2) is 4.98 Å². The van der Waals surface area contributed by atoms with E-state index < -0.39 is 12.0 Å². The molecule has 1 N–H and O–H groups in total. The van der Waals surface area contributed by atoms with Gasteiger partial charge in [-0.2, -0.15) is 18.3 Å². The van der Waals surface area contributed by atoms with Crippen molar-refractivity contribution in [2.24, 2.45) is 0 Å². The van der Waals surface area contributed by atoms with Crippen LogP contribution in [0.25, 0.3) is 10.7 Å². The first-order valence-electron chi connectivity index (χ1n) is 3.72. The Morgan fingerprint density at radius 2 is 2.07 bits per heavy atom. The molecule has 3 nitrogen and oxygen atoms in total. The zero-order valence-electron chi connectivity index (χ0n) is 6.97. The third-order valence-electron chi connectivity index (χ3n) is 1.55. The Morgan fingerprint density at radius 3 is 2.53 bits per heavy atom. The Labute approximate surface area is 94.5 Å². The van der Waals surface area contributed by atoms with Crippen LogP contribution in [0.15, 0.2) is 15.9 Å². The van der Waals surface area contributed by atoms with E-state index in [0.29, 0.717) is 4.88 Å². The molecule has 2 aromatic rings. The second kappa shape index (κ2) is 3.60. The van der Waals surface area contributed by atoms with Crippen LogP contribution >= 0.6 is 27.3 Å². The molecule has 0 saturated heterocycles. The number of hydrogen-bond acceptors (Lipinski definition) is 3. The molecule has 80 valence electrons. The lowest BCUT2D eigenvalue weighted by Crippen LogP contribution is -2.07. The molecule has 0 aliphatic heterocycles. The minimum Gasteiger partial charge on any atom is -0.255 e. The predicted octanol–water partition coefficient (Wildman–Crippen LogP) is 3.31. The summed E-state index contributed by atoms with van der Waals surface area (Å²) in [7, 11) is 0. The van der Waals surface area contributed by atoms with Gasteiger partial charge in [-0.1, -0.05) is 0 Å². The third kappa shape index (κ3) is 2.20. The molecular formula is C7H3BrF3N3S. The van der Waals surface area contributed by atoms with Gasteiger partial charge in [0.1, 0.15) is 0 Å². The normalized spacial score (nSPS) is 12.0. The van der Waals surface area contributed by atoms with Crippen LogP contribution in [0.1, 0.15) is 5.82 Å². The standard InChI is InChI=1S/C7H3BrF3N3S/c8-4-2-1-3(15-4)5-12-6(14-13-5)7(9,10)11/h1-2H,(H,12,13,14). The molecule has 2 aromatic heterocycles. The van der Waals surface area contributed by atoms with Crippen LogP contribution < -0.4 is 0 Å². The lowest BCUT2D eigenvalue weighted by atomic mass is 10.4. The number of hydrogen-bond donors (Lipinski definition) is 1. The van der Waals surface area contributed by atoms with Gasteiger partial charge in [0.05, 0.1) is 8.66 Å². The molecule has 0 spiro atoms. The van der Waals surface area contributed by atoms with Crippen molar-refractivity contribution in [2.45, 2.75) is 6.18 Å². The first-order valence-corrected chi connectivity index (χ1v) is 5.33. The molecule has 0 aliphatic rings. The minimum absolute atomic E-state index is 0.0537. The molecule has 0 aliphatic carbocycles. The number of nitrogens with zero attached hydrogens (tertiary/aromatic N) is 2. The Kier molecular flexibility index (Phi) is 2.55. The highest BCUT2D eigenvalue weighted by atomic mass is 79.9. The van der Waals surface area contributed by atoms with E-state index in [-0.39, 0.29) is 5.82 Å². The Morgan fingerprint density at radius 1 is 1.33 bits per heavy atom. The van der Waals surface area contributed by atoms with Gasteiger partial charge >= 0.3 is 6.18 Å². The molecule has 0 bridgehead atoms. The quantitative estimate of drug-likeness (QED) is 0.877. The van der Waals surface area contributed by atoms with Crippen molar-refractivity contribution in [3.8, 4) is 10.7 Å². The molecule has 15 heavy (non-hydrogen) atoms. The number of aromatic amines is 1. The number of aromatic nitrogens is 3. The van der Waals surface area contributed by atoms with Crippen molar-refractivity contribution in [3.05, 3.63) is 21.7 Å². The first kappa shape index (κ1) is 10.6. The van der Waals surface area contributed by atoms with Crippen LogP contribution in [0.3, 0.4) is 0 Å². The van der Waals surface area contributed by atoms with Crippen molar-refractivity contribution in [3.63, 3.8) is 0 Å². The second-order valence-electron chi connectivity index (χ2n) is 2.61. The number of rotatable bonds is 1. The average Bonchev–Trinajstić information content (AvgIpc) is 2.69. The van der Waals surface area contributed by atoms with Gasteiger partial charge in [-0.05, 0) is 28.1 Å². The number of nitrogens with one attached hydrogen (secondary N) is 1. The predicted molar refractivity (Wildman–Crippen MR) is 52.4 cm³/mol. The largest absolute Gasteiger partial charge is 0.451 e. The third-order valence-corrected chi connectivity index (χ3v) is 3.17. The van der Waals surface area contributed by atoms with E-state index >= 15 is 0 Å². The van der Waals surface area contributed by atoms with Crippen LogP contribution in [0.2, 0.25) is 0 Å². The van der Waals surface area contributed by atoms with E-state index in [2.05, 4.69) is 26.0 Å². The average molecular weight is 298 g/mol. The lowest BCUT2D eigenvalue weighted by molar-refractivity contribution is -0.144. The summed E-state index contributed by atoms with van der Waals surface area (Å²) in [6.07, 6.45) is -4.49. The van der Waals surface area contributed by atoms with Crippen LogP contribution in [0.4, 0.5) is 13.2 Å². The maximum atomic E-state index is 12.2. The number of thiophene rings is 1. The molecule has 8 heteroatoms. The topological polar surface area (TPSA) is 41.6 Å². The Balaban J connectivity index is 2.36. The second-order valence-corrected chi connectivity index (χ2v) is 5.07.